The minimum Gasteiger partial charge on any atom is -0.335 e. The van der Waals surface area contributed by atoms with Gasteiger partial charge in [-0.1, -0.05) is 121 Å². The lowest BCUT2D eigenvalue weighted by Crippen LogP contribution is -2.61. The Morgan fingerprint density at radius 1 is 0.489 bits per heavy atom. The van der Waals surface area contributed by atoms with Crippen molar-refractivity contribution in [3.63, 3.8) is 0 Å². The molecule has 0 radical (unpaired) electrons. The van der Waals surface area contributed by atoms with Crippen LogP contribution in [0.4, 0.5) is 22.7 Å². The molecule has 0 aromatic heterocycles. The maximum atomic E-state index is 2.60. The highest BCUT2D eigenvalue weighted by atomic mass is 15.2. The summed E-state index contributed by atoms with van der Waals surface area (Å²) in [6, 6.07) is 59.9. The van der Waals surface area contributed by atoms with Crippen molar-refractivity contribution < 1.29 is 0 Å². The Hall–Kier alpha value is -5.54. The van der Waals surface area contributed by atoms with Gasteiger partial charge in [0.1, 0.15) is 0 Å². The van der Waals surface area contributed by atoms with Crippen LogP contribution < -0.4 is 20.7 Å². The van der Waals surface area contributed by atoms with E-state index in [4.69, 9.17) is 0 Å². The van der Waals surface area contributed by atoms with Crippen LogP contribution in [-0.4, -0.2) is 12.8 Å². The molecule has 0 saturated heterocycles. The highest BCUT2D eigenvalue weighted by Crippen LogP contribution is 2.48. The van der Waals surface area contributed by atoms with Gasteiger partial charge in [0.05, 0.1) is 6.04 Å². The monoisotopic (exact) mass is 574 g/mol. The zero-order chi connectivity index (χ0) is 29.7. The van der Waals surface area contributed by atoms with Crippen molar-refractivity contribution >= 4 is 46.0 Å². The van der Waals surface area contributed by atoms with Crippen LogP contribution in [0.3, 0.4) is 0 Å². The van der Waals surface area contributed by atoms with E-state index in [1.54, 1.807) is 0 Å². The van der Waals surface area contributed by atoms with Crippen LogP contribution in [0, 0.1) is 0 Å². The first-order valence-electron chi connectivity index (χ1n) is 15.8. The SMILES string of the molecule is C1=C(c2cccc(-c3ccccc3)c2)CC2C3=C1N(c1ccccc1)c1ccccc1B3c1ccccc1N2c1ccccc1. The summed E-state index contributed by atoms with van der Waals surface area (Å²) in [4.78, 5) is 5.11. The quantitative estimate of drug-likeness (QED) is 0.194. The summed E-state index contributed by atoms with van der Waals surface area (Å²) in [7, 11) is 0. The fourth-order valence-corrected chi connectivity index (χ4v) is 7.74. The lowest BCUT2D eigenvalue weighted by Gasteiger charge is -2.50. The molecular weight excluding hydrogens is 543 g/mol. The summed E-state index contributed by atoms with van der Waals surface area (Å²) in [6.45, 7) is 0.186. The average Bonchev–Trinajstić information content (AvgIpc) is 3.12. The number of hydrogen-bond donors (Lipinski definition) is 0. The predicted molar refractivity (Wildman–Crippen MR) is 190 cm³/mol. The van der Waals surface area contributed by atoms with Crippen molar-refractivity contribution in [1.29, 1.82) is 0 Å². The van der Waals surface area contributed by atoms with Crippen LogP contribution in [0.25, 0.3) is 16.7 Å². The fraction of sp³-hybridized carbons (Fsp3) is 0.0476. The molecule has 9 rings (SSSR count). The fourth-order valence-electron chi connectivity index (χ4n) is 7.74. The van der Waals surface area contributed by atoms with E-state index in [0.29, 0.717) is 0 Å². The molecule has 2 heterocycles. The first kappa shape index (κ1) is 25.9. The molecule has 6 aromatic carbocycles. The number of benzene rings is 6. The molecule has 3 aliphatic rings. The maximum Gasteiger partial charge on any atom is 0.247 e. The number of fused-ring (bicyclic) bond motifs is 4. The van der Waals surface area contributed by atoms with Crippen LogP contribution >= 0.6 is 0 Å². The molecule has 2 nitrogen and oxygen atoms in total. The number of nitrogens with zero attached hydrogens (tertiary/aromatic N) is 2. The van der Waals surface area contributed by atoms with Crippen molar-refractivity contribution in [1.82, 2.24) is 0 Å². The van der Waals surface area contributed by atoms with E-state index < -0.39 is 0 Å². The minimum absolute atomic E-state index is 0.155. The van der Waals surface area contributed by atoms with Crippen molar-refractivity contribution in [2.24, 2.45) is 0 Å². The van der Waals surface area contributed by atoms with Gasteiger partial charge in [0.15, 0.2) is 0 Å². The Bertz CT molecular complexity index is 2100. The van der Waals surface area contributed by atoms with E-state index >= 15 is 0 Å². The van der Waals surface area contributed by atoms with Crippen LogP contribution in [-0.2, 0) is 0 Å². The Morgan fingerprint density at radius 2 is 1.04 bits per heavy atom. The summed E-state index contributed by atoms with van der Waals surface area (Å²) in [5.74, 6) is 0. The molecule has 1 atom stereocenters. The molecule has 212 valence electrons. The topological polar surface area (TPSA) is 6.48 Å². The van der Waals surface area contributed by atoms with Gasteiger partial charge in [0.25, 0.3) is 0 Å². The zero-order valence-electron chi connectivity index (χ0n) is 24.9. The number of hydrogen-bond acceptors (Lipinski definition) is 2. The van der Waals surface area contributed by atoms with Gasteiger partial charge >= 0.3 is 0 Å². The van der Waals surface area contributed by atoms with Crippen molar-refractivity contribution in [2.45, 2.75) is 12.5 Å². The molecule has 6 aromatic rings. The highest BCUT2D eigenvalue weighted by molar-refractivity contribution is 6.94. The lowest BCUT2D eigenvalue weighted by atomic mass is 9.31. The molecule has 1 aliphatic carbocycles. The number of allylic oxidation sites excluding steroid dienone is 1. The highest BCUT2D eigenvalue weighted by Gasteiger charge is 2.48. The van der Waals surface area contributed by atoms with E-state index in [1.807, 2.05) is 0 Å². The second-order valence-electron chi connectivity index (χ2n) is 12.1. The van der Waals surface area contributed by atoms with E-state index in [2.05, 4.69) is 180 Å². The molecule has 0 spiro atoms. The van der Waals surface area contributed by atoms with Crippen molar-refractivity contribution in [3.8, 4) is 11.1 Å². The maximum absolute atomic E-state index is 2.60. The second-order valence-corrected chi connectivity index (χ2v) is 12.1. The molecule has 3 heteroatoms. The Kier molecular flexibility index (Phi) is 6.09. The van der Waals surface area contributed by atoms with Crippen LogP contribution in [0.5, 0.6) is 0 Å². The minimum atomic E-state index is 0.155. The van der Waals surface area contributed by atoms with Gasteiger partial charge < -0.3 is 9.80 Å². The van der Waals surface area contributed by atoms with Crippen molar-refractivity contribution in [2.75, 3.05) is 9.80 Å². The molecule has 0 amide bonds. The molecule has 0 N–H and O–H groups in total. The third kappa shape index (κ3) is 4.19. The molecule has 2 aliphatic heterocycles. The lowest BCUT2D eigenvalue weighted by molar-refractivity contribution is 0.762. The zero-order valence-corrected chi connectivity index (χ0v) is 24.9. The number of para-hydroxylation sites is 4. The second kappa shape index (κ2) is 10.6. The third-order valence-corrected chi connectivity index (χ3v) is 9.63. The molecule has 0 bridgehead atoms. The van der Waals surface area contributed by atoms with Gasteiger partial charge in [-0.2, -0.15) is 0 Å². The van der Waals surface area contributed by atoms with Crippen LogP contribution in [0.2, 0.25) is 0 Å². The van der Waals surface area contributed by atoms with Gasteiger partial charge in [-0.15, -0.1) is 0 Å². The summed E-state index contributed by atoms with van der Waals surface area (Å²) >= 11 is 0. The van der Waals surface area contributed by atoms with Gasteiger partial charge in [0, 0.05) is 28.4 Å². The van der Waals surface area contributed by atoms with Gasteiger partial charge in [0.2, 0.25) is 6.71 Å². The van der Waals surface area contributed by atoms with Crippen LogP contribution in [0.1, 0.15) is 12.0 Å². The standard InChI is InChI=1S/C42H31BN2/c1-4-15-30(16-5-1)31-17-14-18-32(27-31)33-28-40-42-41(29-33)45(35-21-8-3-9-22-35)39-26-13-11-24-37(39)43(42)36-23-10-12-25-38(36)44(40)34-19-6-2-7-20-34/h1-28,41H,29H2. The molecule has 1 unspecified atom stereocenters. The number of rotatable bonds is 4. The Labute approximate surface area is 265 Å². The largest absolute Gasteiger partial charge is 0.335 e. The van der Waals surface area contributed by atoms with E-state index in [9.17, 15) is 0 Å². The first-order valence-corrected chi connectivity index (χ1v) is 15.8. The molecule has 45 heavy (non-hydrogen) atoms. The van der Waals surface area contributed by atoms with Crippen molar-refractivity contribution in [3.05, 3.63) is 187 Å². The van der Waals surface area contributed by atoms with E-state index in [-0.39, 0.29) is 12.8 Å². The van der Waals surface area contributed by atoms with Crippen LogP contribution in [0.15, 0.2) is 181 Å². The average molecular weight is 575 g/mol. The third-order valence-electron chi connectivity index (χ3n) is 9.63. The molecule has 0 saturated carbocycles. The smallest absolute Gasteiger partial charge is 0.247 e. The summed E-state index contributed by atoms with van der Waals surface area (Å²) in [5.41, 5.74) is 15.6. The van der Waals surface area contributed by atoms with Gasteiger partial charge in [-0.25, -0.2) is 0 Å². The molecular formula is C42H31BN2. The Morgan fingerprint density at radius 3 is 1.78 bits per heavy atom. The van der Waals surface area contributed by atoms with E-state index in [0.717, 1.165) is 6.42 Å². The summed E-state index contributed by atoms with van der Waals surface area (Å²) in [5, 5.41) is 0. The summed E-state index contributed by atoms with van der Waals surface area (Å²) in [6.07, 6.45) is 3.41. The normalized spacial score (nSPS) is 16.5. The molecule has 0 fully saturated rings. The predicted octanol–water partition coefficient (Wildman–Crippen LogP) is 8.92. The van der Waals surface area contributed by atoms with Gasteiger partial charge in [-0.3, -0.25) is 0 Å². The van der Waals surface area contributed by atoms with E-state index in [1.165, 1.54) is 67.1 Å². The summed E-state index contributed by atoms with van der Waals surface area (Å²) < 4.78 is 0. The Balaban J connectivity index is 1.33. The first-order chi connectivity index (χ1) is 22.3. The number of anilines is 4. The van der Waals surface area contributed by atoms with Gasteiger partial charge in [-0.05, 0) is 93.6 Å².